The molecule has 20 heavy (non-hydrogen) atoms. The van der Waals surface area contributed by atoms with Gasteiger partial charge in [-0.05, 0) is 32.4 Å². The molecule has 0 aliphatic carbocycles. The minimum atomic E-state index is -0.247. The molecule has 1 rings (SSSR count). The maximum Gasteiger partial charge on any atom is 0.254 e. The Kier molecular flexibility index (Phi) is 5.95. The van der Waals surface area contributed by atoms with Gasteiger partial charge < -0.3 is 10.2 Å². The third-order valence-electron chi connectivity index (χ3n) is 2.63. The molecule has 0 spiro atoms. The van der Waals surface area contributed by atoms with Crippen LogP contribution in [-0.4, -0.2) is 41.3 Å². The van der Waals surface area contributed by atoms with Crippen LogP contribution >= 0.6 is 11.6 Å². The van der Waals surface area contributed by atoms with Gasteiger partial charge in [0.05, 0.1) is 6.54 Å². The van der Waals surface area contributed by atoms with E-state index in [1.54, 1.807) is 13.1 Å². The molecule has 0 saturated carbocycles. The summed E-state index contributed by atoms with van der Waals surface area (Å²) in [6, 6.07) is 3.26. The van der Waals surface area contributed by atoms with Crippen LogP contribution in [0.15, 0.2) is 12.1 Å². The lowest BCUT2D eigenvalue weighted by atomic mass is 10.2. The van der Waals surface area contributed by atoms with Gasteiger partial charge in [-0.25, -0.2) is 4.98 Å². The zero-order valence-corrected chi connectivity index (χ0v) is 13.0. The normalized spacial score (nSPS) is 10.5. The van der Waals surface area contributed by atoms with Crippen molar-refractivity contribution < 1.29 is 9.59 Å². The van der Waals surface area contributed by atoms with E-state index in [0.717, 1.165) is 5.69 Å². The predicted molar refractivity (Wildman–Crippen MR) is 78.9 cm³/mol. The number of pyridine rings is 1. The number of halogens is 1. The van der Waals surface area contributed by atoms with Crippen LogP contribution in [0, 0.1) is 0 Å². The summed E-state index contributed by atoms with van der Waals surface area (Å²) in [6.45, 7) is 5.69. The Bertz CT molecular complexity index is 503. The third-order valence-corrected chi connectivity index (χ3v) is 2.83. The van der Waals surface area contributed by atoms with E-state index in [4.69, 9.17) is 11.6 Å². The van der Waals surface area contributed by atoms with Gasteiger partial charge in [0.2, 0.25) is 5.91 Å². The number of nitrogens with one attached hydrogen (secondary N) is 1. The van der Waals surface area contributed by atoms with Gasteiger partial charge in [-0.1, -0.05) is 18.5 Å². The van der Waals surface area contributed by atoms with E-state index in [2.05, 4.69) is 10.3 Å². The number of aryl methyl sites for hydroxylation is 1. The van der Waals surface area contributed by atoms with Crippen LogP contribution in [-0.2, 0) is 11.2 Å². The fourth-order valence-corrected chi connectivity index (χ4v) is 1.96. The molecule has 0 aromatic carbocycles. The third kappa shape index (κ3) is 4.81. The number of hydrogen-bond acceptors (Lipinski definition) is 3. The zero-order chi connectivity index (χ0) is 15.3. The smallest absolute Gasteiger partial charge is 0.254 e. The Hall–Kier alpha value is -1.62. The van der Waals surface area contributed by atoms with Gasteiger partial charge in [0, 0.05) is 24.3 Å². The number of likely N-dealkylation sites (N-methyl/N-ethyl adjacent to an activating group) is 1. The second-order valence-corrected chi connectivity index (χ2v) is 5.29. The van der Waals surface area contributed by atoms with Crippen LogP contribution in [0.5, 0.6) is 0 Å². The van der Waals surface area contributed by atoms with Crippen molar-refractivity contribution in [1.29, 1.82) is 0 Å². The van der Waals surface area contributed by atoms with Crippen molar-refractivity contribution in [3.63, 3.8) is 0 Å². The molecule has 110 valence electrons. The number of amides is 2. The fourth-order valence-electron chi connectivity index (χ4n) is 1.73. The Labute approximate surface area is 124 Å². The van der Waals surface area contributed by atoms with Crippen molar-refractivity contribution in [2.24, 2.45) is 0 Å². The van der Waals surface area contributed by atoms with Crippen molar-refractivity contribution in [1.82, 2.24) is 15.2 Å². The molecule has 1 aromatic rings. The Morgan fingerprint density at radius 2 is 2.05 bits per heavy atom. The van der Waals surface area contributed by atoms with E-state index in [0.29, 0.717) is 12.0 Å². The summed E-state index contributed by atoms with van der Waals surface area (Å²) >= 11 is 5.89. The minimum Gasteiger partial charge on any atom is -0.352 e. The van der Waals surface area contributed by atoms with Crippen molar-refractivity contribution in [2.75, 3.05) is 13.6 Å². The molecule has 1 aromatic heterocycles. The van der Waals surface area contributed by atoms with Crippen molar-refractivity contribution >= 4 is 23.4 Å². The molecule has 0 saturated heterocycles. The van der Waals surface area contributed by atoms with E-state index in [1.807, 2.05) is 20.8 Å². The summed E-state index contributed by atoms with van der Waals surface area (Å²) in [7, 11) is 1.59. The van der Waals surface area contributed by atoms with Gasteiger partial charge >= 0.3 is 0 Å². The Morgan fingerprint density at radius 3 is 2.60 bits per heavy atom. The van der Waals surface area contributed by atoms with Crippen molar-refractivity contribution in [2.45, 2.75) is 33.2 Å². The van der Waals surface area contributed by atoms with Gasteiger partial charge in [-0.2, -0.15) is 0 Å². The molecule has 0 bridgehead atoms. The summed E-state index contributed by atoms with van der Waals surface area (Å²) in [5.74, 6) is -0.436. The monoisotopic (exact) mass is 297 g/mol. The molecule has 0 aliphatic heterocycles. The second kappa shape index (κ2) is 7.24. The highest BCUT2D eigenvalue weighted by molar-refractivity contribution is 6.29. The van der Waals surface area contributed by atoms with Gasteiger partial charge in [-0.15, -0.1) is 0 Å². The maximum atomic E-state index is 12.2. The van der Waals surface area contributed by atoms with Crippen LogP contribution in [0.2, 0.25) is 5.15 Å². The molecule has 0 fully saturated rings. The molecule has 0 radical (unpaired) electrons. The number of nitrogens with zero attached hydrogens (tertiary/aromatic N) is 2. The second-order valence-electron chi connectivity index (χ2n) is 4.91. The first kappa shape index (κ1) is 16.4. The van der Waals surface area contributed by atoms with Crippen LogP contribution in [0.4, 0.5) is 0 Å². The van der Waals surface area contributed by atoms with Gasteiger partial charge in [-0.3, -0.25) is 9.59 Å². The van der Waals surface area contributed by atoms with E-state index in [1.165, 1.54) is 11.0 Å². The van der Waals surface area contributed by atoms with Crippen LogP contribution < -0.4 is 5.32 Å². The highest BCUT2D eigenvalue weighted by Gasteiger charge is 2.16. The van der Waals surface area contributed by atoms with Gasteiger partial charge in [0.1, 0.15) is 5.15 Å². The van der Waals surface area contributed by atoms with Crippen LogP contribution in [0.3, 0.4) is 0 Å². The summed E-state index contributed by atoms with van der Waals surface area (Å²) in [5.41, 5.74) is 1.20. The maximum absolute atomic E-state index is 12.2. The molecule has 0 unspecified atom stereocenters. The molecular weight excluding hydrogens is 278 g/mol. The molecule has 0 aliphatic rings. The van der Waals surface area contributed by atoms with E-state index in [9.17, 15) is 9.59 Å². The Balaban J connectivity index is 2.78. The number of carbonyl (C=O) groups is 2. The van der Waals surface area contributed by atoms with Gasteiger partial charge in [0.15, 0.2) is 0 Å². The molecule has 0 atom stereocenters. The highest BCUT2D eigenvalue weighted by atomic mass is 35.5. The standard InChI is InChI=1S/C14H20ClN3O2/c1-5-11-6-10(7-12(15)17-11)14(20)18(4)8-13(19)16-9(2)3/h6-7,9H,5,8H2,1-4H3,(H,16,19). The molecule has 1 heterocycles. The van der Waals surface area contributed by atoms with E-state index in [-0.39, 0.29) is 29.6 Å². The summed E-state index contributed by atoms with van der Waals surface area (Å²) < 4.78 is 0. The van der Waals surface area contributed by atoms with Gasteiger partial charge in [0.25, 0.3) is 5.91 Å². The minimum absolute atomic E-state index is 0.0123. The molecule has 6 heteroatoms. The van der Waals surface area contributed by atoms with Crippen LogP contribution in [0.25, 0.3) is 0 Å². The number of rotatable bonds is 5. The van der Waals surface area contributed by atoms with Crippen LogP contribution in [0.1, 0.15) is 36.8 Å². The van der Waals surface area contributed by atoms with Crippen molar-refractivity contribution in [3.05, 3.63) is 28.5 Å². The average molecular weight is 298 g/mol. The summed E-state index contributed by atoms with van der Waals surface area (Å²) in [5, 5.41) is 3.03. The first-order chi connectivity index (χ1) is 9.33. The lowest BCUT2D eigenvalue weighted by Gasteiger charge is -2.18. The first-order valence-corrected chi connectivity index (χ1v) is 6.92. The molecular formula is C14H20ClN3O2. The quantitative estimate of drug-likeness (QED) is 0.844. The largest absolute Gasteiger partial charge is 0.352 e. The lowest BCUT2D eigenvalue weighted by molar-refractivity contribution is -0.122. The zero-order valence-electron chi connectivity index (χ0n) is 12.2. The van der Waals surface area contributed by atoms with E-state index < -0.39 is 0 Å². The molecule has 2 amide bonds. The highest BCUT2D eigenvalue weighted by Crippen LogP contribution is 2.13. The first-order valence-electron chi connectivity index (χ1n) is 6.54. The van der Waals surface area contributed by atoms with Crippen molar-refractivity contribution in [3.8, 4) is 0 Å². The molecule has 5 nitrogen and oxygen atoms in total. The molecule has 1 N–H and O–H groups in total. The fraction of sp³-hybridized carbons (Fsp3) is 0.500. The topological polar surface area (TPSA) is 62.3 Å². The average Bonchev–Trinajstić information content (AvgIpc) is 2.35. The predicted octanol–water partition coefficient (Wildman–Crippen LogP) is 1.89. The summed E-state index contributed by atoms with van der Waals surface area (Å²) in [4.78, 5) is 29.4. The number of hydrogen-bond donors (Lipinski definition) is 1. The number of aromatic nitrogens is 1. The number of carbonyl (C=O) groups excluding carboxylic acids is 2. The Morgan fingerprint density at radius 1 is 1.40 bits per heavy atom. The summed E-state index contributed by atoms with van der Waals surface area (Å²) in [6.07, 6.45) is 0.693. The lowest BCUT2D eigenvalue weighted by Crippen LogP contribution is -2.40. The van der Waals surface area contributed by atoms with E-state index >= 15 is 0 Å². The SMILES string of the molecule is CCc1cc(C(=O)N(C)CC(=O)NC(C)C)cc(Cl)n1.